The normalized spacial score (nSPS) is 12.1. The van der Waals surface area contributed by atoms with Crippen molar-refractivity contribution in [3.05, 3.63) is 194 Å². The molecule has 0 aliphatic carbocycles. The summed E-state index contributed by atoms with van der Waals surface area (Å²) in [4.78, 5) is 15.3. The molecular formula is C57H32N4OS. The van der Waals surface area contributed by atoms with E-state index in [2.05, 4.69) is 180 Å². The Morgan fingerprint density at radius 3 is 1.86 bits per heavy atom. The highest BCUT2D eigenvalue weighted by Gasteiger charge is 2.20. The van der Waals surface area contributed by atoms with Crippen molar-refractivity contribution in [3.8, 4) is 39.9 Å². The second-order valence-corrected chi connectivity index (χ2v) is 17.5. The molecule has 5 nitrogen and oxygen atoms in total. The van der Waals surface area contributed by atoms with Crippen molar-refractivity contribution in [2.45, 2.75) is 0 Å². The van der Waals surface area contributed by atoms with Crippen molar-refractivity contribution in [2.75, 3.05) is 0 Å². The predicted octanol–water partition coefficient (Wildman–Crippen LogP) is 15.7. The topological polar surface area (TPSA) is 56.7 Å². The Morgan fingerprint density at radius 1 is 0.349 bits per heavy atom. The zero-order valence-corrected chi connectivity index (χ0v) is 34.4. The second-order valence-electron chi connectivity index (χ2n) is 16.4. The zero-order valence-electron chi connectivity index (χ0n) is 33.6. The molecule has 292 valence electrons. The lowest BCUT2D eigenvalue weighted by atomic mass is 10.0. The van der Waals surface area contributed by atoms with Gasteiger partial charge in [0.15, 0.2) is 17.5 Å². The third-order valence-electron chi connectivity index (χ3n) is 12.8. The number of fused-ring (bicyclic) bond motifs is 14. The Morgan fingerprint density at radius 2 is 1.00 bits per heavy atom. The molecule has 0 radical (unpaired) electrons. The molecule has 0 saturated carbocycles. The lowest BCUT2D eigenvalue weighted by molar-refractivity contribution is 0.669. The standard InChI is InChI=1S/C57H32N4OS/c1-2-11-34(12-3-1)55-58-56(60-57(59-55)39-21-27-52-45(30-39)43-16-8-9-17-51(43)63-52)38-18-23-42-37(28-38)20-26-49-54(42)44-24-22-40(32-50(44)62-49)61-47-25-19-33-10-6-7-15-41(33)53(47)46-29-35-13-4-5-14-36(35)31-48(46)61/h1-32H. The van der Waals surface area contributed by atoms with Gasteiger partial charge >= 0.3 is 0 Å². The average molecular weight is 821 g/mol. The van der Waals surface area contributed by atoms with Gasteiger partial charge in [-0.25, -0.2) is 15.0 Å². The molecule has 0 amide bonds. The van der Waals surface area contributed by atoms with Crippen LogP contribution in [-0.2, 0) is 0 Å². The van der Waals surface area contributed by atoms with Crippen LogP contribution in [-0.4, -0.2) is 19.5 Å². The van der Waals surface area contributed by atoms with E-state index in [1.54, 1.807) is 0 Å². The summed E-state index contributed by atoms with van der Waals surface area (Å²) >= 11 is 1.81. The maximum Gasteiger partial charge on any atom is 0.164 e. The van der Waals surface area contributed by atoms with Crippen molar-refractivity contribution in [2.24, 2.45) is 0 Å². The molecule has 0 N–H and O–H groups in total. The van der Waals surface area contributed by atoms with Crippen LogP contribution in [0.1, 0.15) is 0 Å². The van der Waals surface area contributed by atoms with Gasteiger partial charge in [0.05, 0.1) is 11.0 Å². The first-order valence-corrected chi connectivity index (χ1v) is 22.0. The maximum atomic E-state index is 6.71. The van der Waals surface area contributed by atoms with E-state index in [0.29, 0.717) is 17.5 Å². The van der Waals surface area contributed by atoms with E-state index in [9.17, 15) is 0 Å². The van der Waals surface area contributed by atoms with Gasteiger partial charge in [0.25, 0.3) is 0 Å². The third kappa shape index (κ3) is 5.25. The molecule has 14 aromatic rings. The summed E-state index contributed by atoms with van der Waals surface area (Å²) in [5.74, 6) is 1.92. The number of hydrogen-bond donors (Lipinski definition) is 0. The van der Waals surface area contributed by atoms with Crippen molar-refractivity contribution >= 4 is 108 Å². The minimum absolute atomic E-state index is 0.629. The van der Waals surface area contributed by atoms with Crippen molar-refractivity contribution in [3.63, 3.8) is 0 Å². The molecule has 10 aromatic carbocycles. The van der Waals surface area contributed by atoms with Gasteiger partial charge in [-0.05, 0) is 99.0 Å². The summed E-state index contributed by atoms with van der Waals surface area (Å²) in [7, 11) is 0. The smallest absolute Gasteiger partial charge is 0.164 e. The Labute approximate surface area is 363 Å². The predicted molar refractivity (Wildman–Crippen MR) is 263 cm³/mol. The first-order valence-electron chi connectivity index (χ1n) is 21.2. The number of furan rings is 1. The molecule has 0 spiro atoms. The molecule has 0 unspecified atom stereocenters. The second kappa shape index (κ2) is 13.2. The van der Waals surface area contributed by atoms with E-state index in [1.807, 2.05) is 29.5 Å². The quantitative estimate of drug-likeness (QED) is 0.177. The molecule has 0 aliphatic heterocycles. The van der Waals surface area contributed by atoms with Gasteiger partial charge in [-0.3, -0.25) is 0 Å². The van der Waals surface area contributed by atoms with Crippen LogP contribution in [0.3, 0.4) is 0 Å². The Bertz CT molecular complexity index is 4220. The van der Waals surface area contributed by atoms with Gasteiger partial charge in [-0.15, -0.1) is 11.3 Å². The van der Waals surface area contributed by atoms with Crippen molar-refractivity contribution < 1.29 is 4.42 Å². The largest absolute Gasteiger partial charge is 0.456 e. The van der Waals surface area contributed by atoms with Crippen LogP contribution in [0.25, 0.3) is 136 Å². The van der Waals surface area contributed by atoms with Crippen LogP contribution in [0.5, 0.6) is 0 Å². The summed E-state index contributed by atoms with van der Waals surface area (Å²) in [6, 6.07) is 69.2. The monoisotopic (exact) mass is 820 g/mol. The van der Waals surface area contributed by atoms with E-state index >= 15 is 0 Å². The van der Waals surface area contributed by atoms with E-state index in [-0.39, 0.29) is 0 Å². The highest BCUT2D eigenvalue weighted by atomic mass is 32.1. The summed E-state index contributed by atoms with van der Waals surface area (Å²) in [6.07, 6.45) is 0. The Kier molecular flexibility index (Phi) is 7.21. The molecule has 4 aromatic heterocycles. The van der Waals surface area contributed by atoms with Crippen LogP contribution >= 0.6 is 11.3 Å². The minimum Gasteiger partial charge on any atom is -0.456 e. The van der Waals surface area contributed by atoms with Gasteiger partial charge in [0.1, 0.15) is 11.2 Å². The van der Waals surface area contributed by atoms with Crippen molar-refractivity contribution in [1.82, 2.24) is 19.5 Å². The van der Waals surface area contributed by atoms with Crippen LogP contribution in [0, 0.1) is 0 Å². The van der Waals surface area contributed by atoms with Crippen LogP contribution < -0.4 is 0 Å². The first-order chi connectivity index (χ1) is 31.2. The maximum absolute atomic E-state index is 6.71. The highest BCUT2D eigenvalue weighted by molar-refractivity contribution is 7.25. The first kappa shape index (κ1) is 34.5. The third-order valence-corrected chi connectivity index (χ3v) is 13.9. The number of rotatable bonds is 4. The van der Waals surface area contributed by atoms with Crippen LogP contribution in [0.15, 0.2) is 199 Å². The van der Waals surface area contributed by atoms with Crippen LogP contribution in [0.2, 0.25) is 0 Å². The molecule has 14 rings (SSSR count). The molecule has 63 heavy (non-hydrogen) atoms. The fourth-order valence-corrected chi connectivity index (χ4v) is 10.9. The van der Waals surface area contributed by atoms with Gasteiger partial charge in [0.2, 0.25) is 0 Å². The molecular weight excluding hydrogens is 789 g/mol. The molecule has 4 heterocycles. The molecule has 0 saturated heterocycles. The van der Waals surface area contributed by atoms with Gasteiger partial charge in [0, 0.05) is 70.2 Å². The van der Waals surface area contributed by atoms with E-state index in [0.717, 1.165) is 55.1 Å². The van der Waals surface area contributed by atoms with Gasteiger partial charge in [-0.2, -0.15) is 0 Å². The van der Waals surface area contributed by atoms with E-state index < -0.39 is 0 Å². The minimum atomic E-state index is 0.629. The fourth-order valence-electron chi connectivity index (χ4n) is 9.84. The lowest BCUT2D eigenvalue weighted by Gasteiger charge is -2.10. The van der Waals surface area contributed by atoms with Gasteiger partial charge in [-0.1, -0.05) is 121 Å². The zero-order chi connectivity index (χ0) is 41.2. The number of hydrogen-bond acceptors (Lipinski definition) is 5. The molecule has 0 bridgehead atoms. The fraction of sp³-hybridized carbons (Fsp3) is 0. The summed E-state index contributed by atoms with van der Waals surface area (Å²) < 4.78 is 11.6. The SMILES string of the molecule is c1ccc(-c2nc(-c3ccc4c(ccc5oc6cc(-n7c8cc9ccccc9cc8c8c9ccccc9ccc87)ccc6c54)c3)nc(-c3ccc4sc5ccccc5c4c3)n2)cc1. The average Bonchev–Trinajstić information content (AvgIpc) is 4.02. The summed E-state index contributed by atoms with van der Waals surface area (Å²) in [6.45, 7) is 0. The summed E-state index contributed by atoms with van der Waals surface area (Å²) in [5, 5.41) is 14.3. The Balaban J connectivity index is 0.918. The molecule has 0 aliphatic rings. The Hall–Kier alpha value is -8.19. The number of aromatic nitrogens is 4. The van der Waals surface area contributed by atoms with Gasteiger partial charge < -0.3 is 8.98 Å². The van der Waals surface area contributed by atoms with E-state index in [1.165, 1.54) is 63.5 Å². The molecule has 0 fully saturated rings. The summed E-state index contributed by atoms with van der Waals surface area (Å²) in [5.41, 5.74) is 7.93. The van der Waals surface area contributed by atoms with Crippen molar-refractivity contribution in [1.29, 1.82) is 0 Å². The number of nitrogens with zero attached hydrogens (tertiary/aromatic N) is 4. The number of benzene rings is 10. The molecule has 0 atom stereocenters. The molecule has 6 heteroatoms. The highest BCUT2D eigenvalue weighted by Crippen LogP contribution is 2.42. The lowest BCUT2D eigenvalue weighted by Crippen LogP contribution is -2.00. The number of thiophene rings is 1. The van der Waals surface area contributed by atoms with E-state index in [4.69, 9.17) is 19.4 Å². The van der Waals surface area contributed by atoms with Crippen LogP contribution in [0.4, 0.5) is 0 Å².